The van der Waals surface area contributed by atoms with Crippen LogP contribution in [0.3, 0.4) is 0 Å². The monoisotopic (exact) mass is 293 g/mol. The first-order valence-corrected chi connectivity index (χ1v) is 8.31. The molecule has 0 bridgehead atoms. The Morgan fingerprint density at radius 2 is 2.25 bits per heavy atom. The van der Waals surface area contributed by atoms with Crippen molar-refractivity contribution in [3.8, 4) is 5.75 Å². The molecule has 1 N–H and O–H groups in total. The van der Waals surface area contributed by atoms with Crippen LogP contribution < -0.4 is 10.1 Å². The lowest BCUT2D eigenvalue weighted by Gasteiger charge is -2.30. The lowest BCUT2D eigenvalue weighted by molar-refractivity contribution is 0.203. The van der Waals surface area contributed by atoms with Crippen LogP contribution in [0.4, 0.5) is 0 Å². The van der Waals surface area contributed by atoms with Gasteiger partial charge in [-0.15, -0.1) is 0 Å². The minimum atomic E-state index is 0.269. The molecule has 1 aromatic rings. The molecule has 1 saturated carbocycles. The van der Waals surface area contributed by atoms with E-state index in [1.807, 2.05) is 18.2 Å². The Morgan fingerprint density at radius 3 is 3.10 bits per heavy atom. The normalized spacial score (nSPS) is 29.0. The molecule has 0 spiro atoms. The predicted molar refractivity (Wildman–Crippen MR) is 83.6 cm³/mol. The number of rotatable bonds is 4. The van der Waals surface area contributed by atoms with Gasteiger partial charge in [-0.3, -0.25) is 0 Å². The van der Waals surface area contributed by atoms with Crippen LogP contribution in [0.5, 0.6) is 5.75 Å². The maximum Gasteiger partial charge on any atom is 0.123 e. The minimum Gasteiger partial charge on any atom is -0.488 e. The summed E-state index contributed by atoms with van der Waals surface area (Å²) >= 11 is 6.03. The molecule has 2 nitrogen and oxygen atoms in total. The fourth-order valence-corrected chi connectivity index (χ4v) is 3.74. The van der Waals surface area contributed by atoms with E-state index in [9.17, 15) is 0 Å². The smallest absolute Gasteiger partial charge is 0.123 e. The van der Waals surface area contributed by atoms with Crippen molar-refractivity contribution < 1.29 is 4.74 Å². The summed E-state index contributed by atoms with van der Waals surface area (Å²) in [5.41, 5.74) is 1.25. The molecule has 2 aliphatic rings. The second kappa shape index (κ2) is 6.36. The van der Waals surface area contributed by atoms with Crippen molar-refractivity contribution in [1.82, 2.24) is 5.32 Å². The van der Waals surface area contributed by atoms with E-state index in [1.165, 1.54) is 37.7 Å². The standard InChI is InChI=1S/C17H24ClNO/c1-2-12-4-3-5-15(8-12)19-11-16-10-13-9-14(18)6-7-17(13)20-16/h6-7,9,12,15-16,19H,2-5,8,10-11H2,1H3. The van der Waals surface area contributed by atoms with E-state index in [0.717, 1.165) is 29.7 Å². The van der Waals surface area contributed by atoms with Crippen LogP contribution in [-0.4, -0.2) is 18.7 Å². The molecule has 0 aromatic heterocycles. The van der Waals surface area contributed by atoms with Gasteiger partial charge in [0, 0.05) is 24.0 Å². The van der Waals surface area contributed by atoms with Gasteiger partial charge in [0.25, 0.3) is 0 Å². The van der Waals surface area contributed by atoms with E-state index in [2.05, 4.69) is 12.2 Å². The van der Waals surface area contributed by atoms with Crippen LogP contribution in [-0.2, 0) is 6.42 Å². The van der Waals surface area contributed by atoms with E-state index >= 15 is 0 Å². The highest BCUT2D eigenvalue weighted by atomic mass is 35.5. The zero-order valence-electron chi connectivity index (χ0n) is 12.2. The Kier molecular flexibility index (Phi) is 4.52. The van der Waals surface area contributed by atoms with E-state index < -0.39 is 0 Å². The van der Waals surface area contributed by atoms with Crippen molar-refractivity contribution in [3.63, 3.8) is 0 Å². The van der Waals surface area contributed by atoms with Gasteiger partial charge >= 0.3 is 0 Å². The number of nitrogens with one attached hydrogen (secondary N) is 1. The molecule has 3 heteroatoms. The molecule has 3 rings (SSSR count). The fraction of sp³-hybridized carbons (Fsp3) is 0.647. The molecule has 0 radical (unpaired) electrons. The Hall–Kier alpha value is -0.730. The van der Waals surface area contributed by atoms with Crippen molar-refractivity contribution in [2.45, 2.75) is 57.6 Å². The molecule has 1 heterocycles. The Morgan fingerprint density at radius 1 is 1.35 bits per heavy atom. The number of halogens is 1. The van der Waals surface area contributed by atoms with Gasteiger partial charge in [-0.2, -0.15) is 0 Å². The summed E-state index contributed by atoms with van der Waals surface area (Å²) in [7, 11) is 0. The van der Waals surface area contributed by atoms with Crippen molar-refractivity contribution in [2.24, 2.45) is 5.92 Å². The third-order valence-electron chi connectivity index (χ3n) is 4.76. The molecule has 0 amide bonds. The first-order chi connectivity index (χ1) is 9.74. The van der Waals surface area contributed by atoms with Gasteiger partial charge in [0.05, 0.1) is 0 Å². The predicted octanol–water partition coefficient (Wildman–Crippen LogP) is 4.20. The Balaban J connectivity index is 1.49. The van der Waals surface area contributed by atoms with E-state index in [-0.39, 0.29) is 6.10 Å². The number of fused-ring (bicyclic) bond motifs is 1. The van der Waals surface area contributed by atoms with Gasteiger partial charge < -0.3 is 10.1 Å². The van der Waals surface area contributed by atoms with Gasteiger partial charge in [0.1, 0.15) is 11.9 Å². The van der Waals surface area contributed by atoms with Crippen molar-refractivity contribution in [3.05, 3.63) is 28.8 Å². The van der Waals surface area contributed by atoms with Crippen LogP contribution in [0.2, 0.25) is 5.02 Å². The highest BCUT2D eigenvalue weighted by molar-refractivity contribution is 6.30. The van der Waals surface area contributed by atoms with Crippen LogP contribution in [0.25, 0.3) is 0 Å². The minimum absolute atomic E-state index is 0.269. The quantitative estimate of drug-likeness (QED) is 0.898. The van der Waals surface area contributed by atoms with Gasteiger partial charge in [-0.1, -0.05) is 37.8 Å². The van der Waals surface area contributed by atoms with Gasteiger partial charge in [-0.05, 0) is 42.5 Å². The van der Waals surface area contributed by atoms with E-state index in [1.54, 1.807) is 0 Å². The van der Waals surface area contributed by atoms with Crippen molar-refractivity contribution in [2.75, 3.05) is 6.54 Å². The number of ether oxygens (including phenoxy) is 1. The summed E-state index contributed by atoms with van der Waals surface area (Å²) in [5, 5.41) is 4.52. The largest absolute Gasteiger partial charge is 0.488 e. The highest BCUT2D eigenvalue weighted by Crippen LogP contribution is 2.31. The highest BCUT2D eigenvalue weighted by Gasteiger charge is 2.25. The zero-order chi connectivity index (χ0) is 13.9. The SMILES string of the molecule is CCC1CCCC(NCC2Cc3cc(Cl)ccc3O2)C1. The van der Waals surface area contributed by atoms with Crippen molar-refractivity contribution >= 4 is 11.6 Å². The molecule has 1 aliphatic carbocycles. The van der Waals surface area contributed by atoms with Gasteiger partial charge in [0.15, 0.2) is 0 Å². The Bertz CT molecular complexity index is 462. The average molecular weight is 294 g/mol. The summed E-state index contributed by atoms with van der Waals surface area (Å²) in [5.74, 6) is 1.93. The zero-order valence-corrected chi connectivity index (χ0v) is 13.0. The number of hydrogen-bond acceptors (Lipinski definition) is 2. The molecule has 20 heavy (non-hydrogen) atoms. The number of hydrogen-bond donors (Lipinski definition) is 1. The fourth-order valence-electron chi connectivity index (χ4n) is 3.55. The molecule has 3 atom stereocenters. The number of benzene rings is 1. The first-order valence-electron chi connectivity index (χ1n) is 7.93. The molecule has 0 saturated heterocycles. The van der Waals surface area contributed by atoms with Crippen LogP contribution in [0, 0.1) is 5.92 Å². The molecule has 1 aromatic carbocycles. The maximum absolute atomic E-state index is 6.03. The van der Waals surface area contributed by atoms with Gasteiger partial charge in [0.2, 0.25) is 0 Å². The summed E-state index contributed by atoms with van der Waals surface area (Å²) in [6, 6.07) is 6.61. The lowest BCUT2D eigenvalue weighted by atomic mass is 9.84. The molecule has 1 fully saturated rings. The molecule has 3 unspecified atom stereocenters. The average Bonchev–Trinajstić information content (AvgIpc) is 2.87. The van der Waals surface area contributed by atoms with Crippen molar-refractivity contribution in [1.29, 1.82) is 0 Å². The summed E-state index contributed by atoms with van der Waals surface area (Å²) in [4.78, 5) is 0. The summed E-state index contributed by atoms with van der Waals surface area (Å²) in [6.45, 7) is 3.26. The molecular formula is C17H24ClNO. The second-order valence-electron chi connectivity index (χ2n) is 6.24. The third kappa shape index (κ3) is 3.29. The van der Waals surface area contributed by atoms with Crippen LogP contribution in [0.15, 0.2) is 18.2 Å². The molecule has 1 aliphatic heterocycles. The van der Waals surface area contributed by atoms with E-state index in [0.29, 0.717) is 6.04 Å². The summed E-state index contributed by atoms with van der Waals surface area (Å²) < 4.78 is 5.99. The summed E-state index contributed by atoms with van der Waals surface area (Å²) in [6.07, 6.45) is 8.01. The van der Waals surface area contributed by atoms with Crippen LogP contribution in [0.1, 0.15) is 44.6 Å². The van der Waals surface area contributed by atoms with Gasteiger partial charge in [-0.25, -0.2) is 0 Å². The topological polar surface area (TPSA) is 21.3 Å². The Labute approximate surface area is 126 Å². The lowest BCUT2D eigenvalue weighted by Crippen LogP contribution is -2.40. The second-order valence-corrected chi connectivity index (χ2v) is 6.68. The van der Waals surface area contributed by atoms with Crippen LogP contribution >= 0.6 is 11.6 Å². The van der Waals surface area contributed by atoms with E-state index in [4.69, 9.17) is 16.3 Å². The first kappa shape index (κ1) is 14.2. The molecule has 110 valence electrons. The maximum atomic E-state index is 6.03. The molecular weight excluding hydrogens is 270 g/mol. The third-order valence-corrected chi connectivity index (χ3v) is 4.99.